The topological polar surface area (TPSA) is 63.2 Å². The molecule has 0 fully saturated rings. The molecule has 0 unspecified atom stereocenters. The van der Waals surface area contributed by atoms with Gasteiger partial charge in [0, 0.05) is 0 Å². The van der Waals surface area contributed by atoms with E-state index in [1.807, 2.05) is 20.8 Å². The molecule has 0 amide bonds. The average Bonchev–Trinajstić information content (AvgIpc) is 1.83. The van der Waals surface area contributed by atoms with Crippen molar-refractivity contribution in [1.82, 2.24) is 0 Å². The minimum atomic E-state index is -0.275. The maximum Gasteiger partial charge on any atom is 1.00 e. The largest absolute Gasteiger partial charge is 1.00 e. The van der Waals surface area contributed by atoms with Gasteiger partial charge in [-0.2, -0.15) is 6.07 Å². The van der Waals surface area contributed by atoms with E-state index >= 15 is 0 Å². The van der Waals surface area contributed by atoms with Gasteiger partial charge in [0.1, 0.15) is 0 Å². The fraction of sp³-hybridized carbons (Fsp3) is 0.500. The quantitative estimate of drug-likeness (QED) is 0.284. The molecule has 1 rings (SSSR count). The van der Waals surface area contributed by atoms with Gasteiger partial charge in [0.25, 0.3) is 0 Å². The summed E-state index contributed by atoms with van der Waals surface area (Å²) in [5.74, 6) is 0.605. The fourth-order valence-electron chi connectivity index (χ4n) is 0.982. The third-order valence-corrected chi connectivity index (χ3v) is 1.63. The zero-order valence-corrected chi connectivity index (χ0v) is 11.5. The first-order chi connectivity index (χ1) is 5.41. The van der Waals surface area contributed by atoms with Gasteiger partial charge in [-0.3, -0.25) is 0 Å². The van der Waals surface area contributed by atoms with Crippen LogP contribution in [0.1, 0.15) is 32.1 Å². The van der Waals surface area contributed by atoms with E-state index in [4.69, 9.17) is 4.42 Å². The summed E-state index contributed by atoms with van der Waals surface area (Å²) in [5.41, 5.74) is 0.143. The summed E-state index contributed by atoms with van der Waals surface area (Å²) < 4.78 is 4.95. The predicted octanol–water partition coefficient (Wildman–Crippen LogP) is -1.87. The molecular weight excluding hydrogens is 191 g/mol. The first-order valence-corrected chi connectivity index (χ1v) is 3.94. The summed E-state index contributed by atoms with van der Waals surface area (Å²) in [4.78, 5) is 11.3. The van der Waals surface area contributed by atoms with Crippen LogP contribution < -0.4 is 35.2 Å². The van der Waals surface area contributed by atoms with Crippen molar-refractivity contribution in [3.8, 4) is 0 Å². The SMILES string of the molecule is Cc1c[c-]c(C(C)(C)C)c(=O)o1.[Na+].[OH3+]. The van der Waals surface area contributed by atoms with Gasteiger partial charge in [0.2, 0.25) is 5.63 Å². The first-order valence-electron chi connectivity index (χ1n) is 3.94. The third kappa shape index (κ3) is 3.96. The Bertz CT molecular complexity index is 336. The number of aryl methyl sites for hydroxylation is 1. The molecule has 0 aliphatic heterocycles. The van der Waals surface area contributed by atoms with E-state index in [9.17, 15) is 4.79 Å². The molecule has 3 N–H and O–H groups in total. The average molecular weight is 207 g/mol. The molecule has 1 aromatic heterocycles. The summed E-state index contributed by atoms with van der Waals surface area (Å²) >= 11 is 0. The van der Waals surface area contributed by atoms with E-state index in [1.54, 1.807) is 13.0 Å². The third-order valence-electron chi connectivity index (χ3n) is 1.63. The zero-order valence-electron chi connectivity index (χ0n) is 9.47. The number of hydrogen-bond donors (Lipinski definition) is 0. The molecule has 14 heavy (non-hydrogen) atoms. The van der Waals surface area contributed by atoms with Crippen molar-refractivity contribution in [3.05, 3.63) is 33.9 Å². The van der Waals surface area contributed by atoms with E-state index in [2.05, 4.69) is 6.07 Å². The van der Waals surface area contributed by atoms with Gasteiger partial charge in [-0.05, 0) is 11.2 Å². The van der Waals surface area contributed by atoms with Crippen molar-refractivity contribution in [1.29, 1.82) is 0 Å². The van der Waals surface area contributed by atoms with Crippen molar-refractivity contribution in [2.75, 3.05) is 0 Å². The predicted molar refractivity (Wildman–Crippen MR) is 52.1 cm³/mol. The fourth-order valence-corrected chi connectivity index (χ4v) is 0.982. The van der Waals surface area contributed by atoms with Gasteiger partial charge in [-0.15, -0.1) is 6.07 Å². The van der Waals surface area contributed by atoms with Crippen LogP contribution in [-0.2, 0) is 10.9 Å². The molecule has 0 saturated heterocycles. The van der Waals surface area contributed by atoms with E-state index in [0.717, 1.165) is 0 Å². The minimum absolute atomic E-state index is 0. The van der Waals surface area contributed by atoms with E-state index in [0.29, 0.717) is 11.3 Å². The van der Waals surface area contributed by atoms with E-state index in [-0.39, 0.29) is 46.1 Å². The van der Waals surface area contributed by atoms with Crippen molar-refractivity contribution in [2.24, 2.45) is 0 Å². The molecule has 0 saturated carbocycles. The molecule has 0 radical (unpaired) electrons. The summed E-state index contributed by atoms with van der Waals surface area (Å²) in [6.07, 6.45) is 0. The molecule has 0 spiro atoms. The Morgan fingerprint density at radius 2 is 1.86 bits per heavy atom. The first kappa shape index (κ1) is 16.3. The number of rotatable bonds is 0. The van der Waals surface area contributed by atoms with E-state index < -0.39 is 0 Å². The smallest absolute Gasteiger partial charge is 0.548 e. The van der Waals surface area contributed by atoms with Gasteiger partial charge in [0.15, 0.2) is 0 Å². The van der Waals surface area contributed by atoms with Gasteiger partial charge >= 0.3 is 29.6 Å². The van der Waals surface area contributed by atoms with Crippen molar-refractivity contribution < 1.29 is 39.5 Å². The molecule has 3 nitrogen and oxygen atoms in total. The monoisotopic (exact) mass is 207 g/mol. The van der Waals surface area contributed by atoms with E-state index in [1.165, 1.54) is 0 Å². The molecule has 1 heterocycles. The van der Waals surface area contributed by atoms with Crippen LogP contribution in [0, 0.1) is 13.0 Å². The number of hydrogen-bond acceptors (Lipinski definition) is 2. The second kappa shape index (κ2) is 5.71. The van der Waals surface area contributed by atoms with Crippen molar-refractivity contribution >= 4 is 0 Å². The summed E-state index contributed by atoms with van der Waals surface area (Å²) in [6, 6.07) is 4.64. The standard InChI is InChI=1S/C10H13O2.Na.H2O/c1-7-5-6-8(9(11)12-7)10(2,3)4;;/h5H,1-4H3;;1H2/q-1;+1;/p+1. The van der Waals surface area contributed by atoms with Crippen molar-refractivity contribution in [2.45, 2.75) is 33.1 Å². The summed E-state index contributed by atoms with van der Waals surface area (Å²) in [7, 11) is 0. The Morgan fingerprint density at radius 1 is 1.36 bits per heavy atom. The van der Waals surface area contributed by atoms with Gasteiger partial charge in [0.05, 0.1) is 0 Å². The summed E-state index contributed by atoms with van der Waals surface area (Å²) in [6.45, 7) is 7.63. The van der Waals surface area contributed by atoms with Crippen LogP contribution >= 0.6 is 0 Å². The van der Waals surface area contributed by atoms with Crippen LogP contribution in [0.25, 0.3) is 0 Å². The van der Waals surface area contributed by atoms with Crippen molar-refractivity contribution in [3.63, 3.8) is 0 Å². The van der Waals surface area contributed by atoms with Gasteiger partial charge < -0.3 is 14.7 Å². The van der Waals surface area contributed by atoms with Crippen LogP contribution in [0.3, 0.4) is 0 Å². The second-order valence-electron chi connectivity index (χ2n) is 3.91. The van der Waals surface area contributed by atoms with Crippen LogP contribution in [0.4, 0.5) is 0 Å². The molecule has 0 aromatic carbocycles. The maximum absolute atomic E-state index is 11.3. The molecular formula is C10H16NaO3+. The van der Waals surface area contributed by atoms with Crippen LogP contribution in [0.15, 0.2) is 15.3 Å². The Kier molecular flexibility index (Phi) is 6.66. The van der Waals surface area contributed by atoms with Crippen LogP contribution in [-0.4, -0.2) is 0 Å². The molecule has 0 atom stereocenters. The van der Waals surface area contributed by atoms with Gasteiger partial charge in [-0.1, -0.05) is 33.3 Å². The van der Waals surface area contributed by atoms with Crippen LogP contribution in [0.2, 0.25) is 0 Å². The minimum Gasteiger partial charge on any atom is -0.548 e. The molecule has 4 heteroatoms. The normalized spacial score (nSPS) is 10.0. The summed E-state index contributed by atoms with van der Waals surface area (Å²) in [5, 5.41) is 0. The Morgan fingerprint density at radius 3 is 2.21 bits per heavy atom. The van der Waals surface area contributed by atoms with Gasteiger partial charge in [-0.25, -0.2) is 0 Å². The Balaban J connectivity index is 0. The maximum atomic E-state index is 11.3. The molecule has 74 valence electrons. The second-order valence-corrected chi connectivity index (χ2v) is 3.91. The molecule has 1 aromatic rings. The molecule has 0 aliphatic rings. The Labute approximate surface area is 106 Å². The Hall–Kier alpha value is -0.0900. The molecule has 0 aliphatic carbocycles. The molecule has 0 bridgehead atoms. The zero-order chi connectivity index (χ0) is 9.35. The van der Waals surface area contributed by atoms with Crippen LogP contribution in [0.5, 0.6) is 0 Å².